The molecule has 582 valence electrons. The molecule has 0 spiro atoms. The Balaban J connectivity index is 5.57. The van der Waals surface area contributed by atoms with Crippen molar-refractivity contribution in [2.24, 2.45) is 0 Å². The van der Waals surface area contributed by atoms with Crippen molar-refractivity contribution in [3.05, 3.63) is 219 Å². The largest absolute Gasteiger partial charge is 0.472 e. The highest BCUT2D eigenvalue weighted by Gasteiger charge is 2.30. The van der Waals surface area contributed by atoms with Crippen LogP contribution >= 0.6 is 15.6 Å². The molecule has 104 heavy (non-hydrogen) atoms. The molecular weight excluding hydrogens is 1350 g/mol. The number of unbranched alkanes of at least 4 members (excludes halogenated alkanes) is 7. The molecule has 0 aliphatic carbocycles. The van der Waals surface area contributed by atoms with E-state index in [1.54, 1.807) is 12.2 Å². The number of carbonyl (C=O) groups excluding carboxylic acids is 4. The Kier molecular flexibility index (Phi) is 69.9. The lowest BCUT2D eigenvalue weighted by Gasteiger charge is -2.21. The zero-order chi connectivity index (χ0) is 76.0. The van der Waals surface area contributed by atoms with Gasteiger partial charge in [0.05, 0.1) is 32.8 Å². The number of carbonyl (C=O) groups is 4. The summed E-state index contributed by atoms with van der Waals surface area (Å²) in [5, 5.41) is 10.6. The van der Waals surface area contributed by atoms with E-state index in [-0.39, 0.29) is 25.7 Å². The minimum Gasteiger partial charge on any atom is -0.462 e. The second kappa shape index (κ2) is 74.6. The van der Waals surface area contributed by atoms with Gasteiger partial charge < -0.3 is 33.8 Å². The molecular formula is C85H130O17P2. The number of aliphatic hydroxyl groups is 1. The third-order valence-electron chi connectivity index (χ3n) is 14.5. The maximum atomic E-state index is 13.1. The number of phosphoric acid groups is 2. The summed E-state index contributed by atoms with van der Waals surface area (Å²) < 4.78 is 68.2. The fraction of sp³-hybridized carbons (Fsp3) is 0.529. The summed E-state index contributed by atoms with van der Waals surface area (Å²) in [7, 11) is -10.0. The lowest BCUT2D eigenvalue weighted by molar-refractivity contribution is -0.161. The highest BCUT2D eigenvalue weighted by Crippen LogP contribution is 2.45. The van der Waals surface area contributed by atoms with E-state index in [1.165, 1.54) is 0 Å². The van der Waals surface area contributed by atoms with E-state index in [4.69, 9.17) is 37.0 Å². The van der Waals surface area contributed by atoms with Crippen molar-refractivity contribution in [3.63, 3.8) is 0 Å². The van der Waals surface area contributed by atoms with Crippen LogP contribution in [-0.4, -0.2) is 96.7 Å². The van der Waals surface area contributed by atoms with Crippen LogP contribution in [0.25, 0.3) is 0 Å². The van der Waals surface area contributed by atoms with Crippen LogP contribution in [0.4, 0.5) is 0 Å². The molecule has 0 aromatic rings. The third-order valence-corrected chi connectivity index (χ3v) is 16.4. The molecule has 0 amide bonds. The Morgan fingerprint density at radius 1 is 0.279 bits per heavy atom. The predicted molar refractivity (Wildman–Crippen MR) is 426 cm³/mol. The van der Waals surface area contributed by atoms with Gasteiger partial charge in [-0.15, -0.1) is 0 Å². The number of ether oxygens (including phenoxy) is 4. The first kappa shape index (κ1) is 97.4. The van der Waals surface area contributed by atoms with Crippen molar-refractivity contribution in [3.8, 4) is 0 Å². The molecule has 0 aromatic heterocycles. The summed E-state index contributed by atoms with van der Waals surface area (Å²) in [5.74, 6) is -2.52. The van der Waals surface area contributed by atoms with Gasteiger partial charge in [0.25, 0.3) is 0 Å². The first-order valence-corrected chi connectivity index (χ1v) is 41.0. The summed E-state index contributed by atoms with van der Waals surface area (Å²) >= 11 is 0. The van der Waals surface area contributed by atoms with Gasteiger partial charge in [-0.1, -0.05) is 266 Å². The zero-order valence-electron chi connectivity index (χ0n) is 63.3. The lowest BCUT2D eigenvalue weighted by Crippen LogP contribution is -2.30. The molecule has 0 saturated heterocycles. The maximum Gasteiger partial charge on any atom is 0.472 e. The molecule has 0 heterocycles. The second-order valence-electron chi connectivity index (χ2n) is 24.1. The van der Waals surface area contributed by atoms with Crippen LogP contribution in [0, 0.1) is 0 Å². The van der Waals surface area contributed by atoms with Gasteiger partial charge in [0.15, 0.2) is 12.2 Å². The van der Waals surface area contributed by atoms with Crippen LogP contribution in [-0.2, 0) is 65.4 Å². The molecule has 5 atom stereocenters. The van der Waals surface area contributed by atoms with E-state index in [9.17, 15) is 43.2 Å². The smallest absolute Gasteiger partial charge is 0.462 e. The fourth-order valence-corrected chi connectivity index (χ4v) is 10.4. The minimum atomic E-state index is -5.03. The standard InChI is InChI=1S/C85H130O17P2/c1-5-9-13-17-21-25-29-33-37-38-39-40-44-46-50-54-58-62-66-70-83(88)96-76-81(102-85(90)72-68-64-60-56-52-48-43-36-32-28-24-20-16-12-8-4)78-100-104(93,94)98-74-79(86)73-97-103(91,92)99-77-80(101-84(89)71-67-63-59-55-51-47-42-35-31-27-23-19-15-11-7-3)75-95-82(87)69-65-61-57-53-49-45-41-34-30-26-22-18-14-10-6-2/h9-16,21-28,33-37,39-43,46,49-50,52-53,56,58,62,64,68,79-81,86H,5-8,17-20,29-32,38,44-45,47-48,51,54-55,57,59-61,63,65-67,69-78H2,1-4H3,(H,91,92)(H,93,94)/b13-9-,14-10-,15-11-,16-12-,25-21-,26-22-,27-23-,28-24-,37-33-,40-39-,41-34-,42-35-,43-36-,50-46-,53-49-,56-52-,62-58-,68-64-. The molecule has 0 fully saturated rings. The Hall–Kier alpha value is -6.62. The van der Waals surface area contributed by atoms with Crippen molar-refractivity contribution in [2.75, 3.05) is 39.6 Å². The van der Waals surface area contributed by atoms with Gasteiger partial charge in [0, 0.05) is 19.3 Å². The number of phosphoric ester groups is 2. The van der Waals surface area contributed by atoms with Gasteiger partial charge >= 0.3 is 39.5 Å². The summed E-state index contributed by atoms with van der Waals surface area (Å²) in [6.07, 6.45) is 94.1. The van der Waals surface area contributed by atoms with Crippen LogP contribution in [0.15, 0.2) is 219 Å². The van der Waals surface area contributed by atoms with Gasteiger partial charge in [-0.2, -0.15) is 0 Å². The molecule has 0 aliphatic rings. The van der Waals surface area contributed by atoms with Crippen molar-refractivity contribution >= 4 is 39.5 Å². The van der Waals surface area contributed by atoms with E-state index in [2.05, 4.69) is 204 Å². The van der Waals surface area contributed by atoms with Gasteiger partial charge in [0.2, 0.25) is 0 Å². The Morgan fingerprint density at radius 3 is 0.885 bits per heavy atom. The molecule has 19 heteroatoms. The quantitative estimate of drug-likeness (QED) is 0.0169. The molecule has 0 aliphatic heterocycles. The Bertz CT molecular complexity index is 2840. The number of aliphatic hydroxyl groups excluding tert-OH is 1. The normalized spacial score (nSPS) is 15.1. The topological polar surface area (TPSA) is 237 Å². The SMILES string of the molecule is CC/C=C\C/C=C\C/C=C\C/C=C\C/C=C\C/C=C\CCC(=O)OCC(COP(=O)(O)OCC(O)COP(=O)(O)OCC(COC(=O)CCCC/C=C\C/C=C\C/C=C\C/C=C\CC)OC(=O)CCCCCCC/C=C\C/C=C\C/C=C\CC)OC(=O)C/C=C\C/C=C\C/C=C\C/C=C\C/C=C\CC. The van der Waals surface area contributed by atoms with E-state index < -0.39 is 97.5 Å². The molecule has 0 rings (SSSR count). The molecule has 0 aromatic carbocycles. The van der Waals surface area contributed by atoms with Crippen molar-refractivity contribution < 1.29 is 80.2 Å². The van der Waals surface area contributed by atoms with Crippen LogP contribution in [0.5, 0.6) is 0 Å². The lowest BCUT2D eigenvalue weighted by atomic mass is 10.1. The molecule has 3 N–H and O–H groups in total. The van der Waals surface area contributed by atoms with Crippen LogP contribution in [0.3, 0.4) is 0 Å². The highest BCUT2D eigenvalue weighted by atomic mass is 31.2. The number of rotatable bonds is 68. The van der Waals surface area contributed by atoms with Gasteiger partial charge in [0.1, 0.15) is 19.3 Å². The first-order valence-electron chi connectivity index (χ1n) is 38.0. The number of hydrogen-bond acceptors (Lipinski definition) is 15. The fourth-order valence-electron chi connectivity index (χ4n) is 8.85. The maximum absolute atomic E-state index is 13.1. The molecule has 0 saturated carbocycles. The monoisotopic (exact) mass is 1480 g/mol. The van der Waals surface area contributed by atoms with Crippen LogP contribution in [0.1, 0.15) is 233 Å². The van der Waals surface area contributed by atoms with E-state index >= 15 is 0 Å². The van der Waals surface area contributed by atoms with E-state index in [0.29, 0.717) is 32.1 Å². The summed E-state index contributed by atoms with van der Waals surface area (Å²) in [4.78, 5) is 72.8. The van der Waals surface area contributed by atoms with E-state index in [1.807, 2.05) is 30.4 Å². The Labute approximate surface area is 626 Å². The summed E-state index contributed by atoms with van der Waals surface area (Å²) in [6.45, 7) is 4.08. The Morgan fingerprint density at radius 2 is 0.529 bits per heavy atom. The van der Waals surface area contributed by atoms with E-state index in [0.717, 1.165) is 148 Å². The van der Waals surface area contributed by atoms with Gasteiger partial charge in [-0.3, -0.25) is 37.3 Å². The number of hydrogen-bond donors (Lipinski definition) is 3. The zero-order valence-corrected chi connectivity index (χ0v) is 65.1. The summed E-state index contributed by atoms with van der Waals surface area (Å²) in [5.41, 5.74) is 0. The third kappa shape index (κ3) is 73.7. The van der Waals surface area contributed by atoms with Crippen LogP contribution in [0.2, 0.25) is 0 Å². The number of esters is 4. The molecule has 0 bridgehead atoms. The average molecular weight is 1490 g/mol. The predicted octanol–water partition coefficient (Wildman–Crippen LogP) is 22.1. The van der Waals surface area contributed by atoms with Crippen molar-refractivity contribution in [2.45, 2.75) is 251 Å². The highest BCUT2D eigenvalue weighted by molar-refractivity contribution is 7.47. The summed E-state index contributed by atoms with van der Waals surface area (Å²) in [6, 6.07) is 0. The average Bonchev–Trinajstić information content (AvgIpc) is 0.918. The molecule has 17 nitrogen and oxygen atoms in total. The first-order chi connectivity index (χ1) is 50.7. The molecule has 0 radical (unpaired) electrons. The van der Waals surface area contributed by atoms with Crippen molar-refractivity contribution in [1.82, 2.24) is 0 Å². The minimum absolute atomic E-state index is 0.00578. The second-order valence-corrected chi connectivity index (χ2v) is 27.0. The van der Waals surface area contributed by atoms with Crippen molar-refractivity contribution in [1.29, 1.82) is 0 Å². The molecule has 5 unspecified atom stereocenters. The van der Waals surface area contributed by atoms with Crippen LogP contribution < -0.4 is 0 Å². The van der Waals surface area contributed by atoms with Gasteiger partial charge in [-0.05, 0) is 161 Å². The van der Waals surface area contributed by atoms with Gasteiger partial charge in [-0.25, -0.2) is 9.13 Å². The number of allylic oxidation sites excluding steroid dienone is 35.